The molecule has 172 valence electrons. The lowest BCUT2D eigenvalue weighted by molar-refractivity contribution is -0.155. The van der Waals surface area contributed by atoms with Crippen LogP contribution in [-0.4, -0.2) is 37.0 Å². The van der Waals surface area contributed by atoms with Gasteiger partial charge in [0.15, 0.2) is 11.9 Å². The van der Waals surface area contributed by atoms with Crippen LogP contribution in [0.25, 0.3) is 0 Å². The number of carbonyl (C=O) groups excluding carboxylic acids is 3. The molecule has 0 amide bonds. The molecule has 0 aliphatic rings. The zero-order chi connectivity index (χ0) is 23.5. The van der Waals surface area contributed by atoms with E-state index in [4.69, 9.17) is 23.4 Å². The standard InChI is InChI=1S/C24H28O8/c1-16(14-24(27)32-18(3)22-6-5-13-29-22)31-23(26)12-11-21(25)17(2)30-15-19-7-9-20(28-4)10-8-19/h5-13,16-18H,14-15H2,1-4H3/b12-11+/t16-,17-,18-/m0/s1. The Labute approximate surface area is 187 Å². The van der Waals surface area contributed by atoms with Crippen LogP contribution in [0.5, 0.6) is 5.75 Å². The number of esters is 2. The van der Waals surface area contributed by atoms with Crippen molar-refractivity contribution in [2.45, 2.75) is 52.1 Å². The molecule has 1 aromatic heterocycles. The highest BCUT2D eigenvalue weighted by Gasteiger charge is 2.18. The molecule has 0 saturated carbocycles. The predicted molar refractivity (Wildman–Crippen MR) is 115 cm³/mol. The highest BCUT2D eigenvalue weighted by Crippen LogP contribution is 2.18. The quantitative estimate of drug-likeness (QED) is 0.358. The topological polar surface area (TPSA) is 101 Å². The van der Waals surface area contributed by atoms with Crippen molar-refractivity contribution in [1.29, 1.82) is 0 Å². The highest BCUT2D eigenvalue weighted by molar-refractivity contribution is 5.98. The first kappa shape index (κ1) is 24.9. The van der Waals surface area contributed by atoms with Crippen LogP contribution in [-0.2, 0) is 35.2 Å². The minimum absolute atomic E-state index is 0.125. The van der Waals surface area contributed by atoms with Crippen molar-refractivity contribution in [3.8, 4) is 5.75 Å². The highest BCUT2D eigenvalue weighted by atomic mass is 16.6. The number of hydrogen-bond donors (Lipinski definition) is 0. The molecule has 32 heavy (non-hydrogen) atoms. The van der Waals surface area contributed by atoms with Crippen LogP contribution in [0.1, 0.15) is 44.6 Å². The molecule has 1 aromatic carbocycles. The van der Waals surface area contributed by atoms with Gasteiger partial charge in [0.1, 0.15) is 23.7 Å². The first-order valence-corrected chi connectivity index (χ1v) is 10.2. The number of rotatable bonds is 12. The van der Waals surface area contributed by atoms with E-state index < -0.39 is 30.3 Å². The molecule has 0 spiro atoms. The normalized spacial score (nSPS) is 13.9. The first-order chi connectivity index (χ1) is 15.3. The molecular weight excluding hydrogens is 416 g/mol. The summed E-state index contributed by atoms with van der Waals surface area (Å²) >= 11 is 0. The van der Waals surface area contributed by atoms with Gasteiger partial charge in [0, 0.05) is 6.08 Å². The van der Waals surface area contributed by atoms with Crippen LogP contribution in [0.15, 0.2) is 59.2 Å². The largest absolute Gasteiger partial charge is 0.497 e. The van der Waals surface area contributed by atoms with Crippen molar-refractivity contribution in [3.05, 3.63) is 66.1 Å². The van der Waals surface area contributed by atoms with Gasteiger partial charge in [-0.2, -0.15) is 0 Å². The second-order valence-corrected chi connectivity index (χ2v) is 7.14. The Morgan fingerprint density at radius 1 is 1.00 bits per heavy atom. The van der Waals surface area contributed by atoms with E-state index in [9.17, 15) is 14.4 Å². The summed E-state index contributed by atoms with van der Waals surface area (Å²) in [5.74, 6) is -0.397. The van der Waals surface area contributed by atoms with E-state index in [1.165, 1.54) is 6.26 Å². The van der Waals surface area contributed by atoms with Gasteiger partial charge >= 0.3 is 11.9 Å². The number of methoxy groups -OCH3 is 1. The van der Waals surface area contributed by atoms with E-state index in [1.807, 2.05) is 12.1 Å². The average molecular weight is 444 g/mol. The third kappa shape index (κ3) is 8.39. The zero-order valence-corrected chi connectivity index (χ0v) is 18.6. The molecule has 1 heterocycles. The van der Waals surface area contributed by atoms with Crippen molar-refractivity contribution < 1.29 is 37.7 Å². The molecule has 0 radical (unpaired) electrons. The SMILES string of the molecule is COc1ccc(CO[C@@H](C)C(=O)/C=C/C(=O)O[C@@H](C)CC(=O)O[C@@H](C)c2ccco2)cc1. The molecule has 0 bridgehead atoms. The first-order valence-electron chi connectivity index (χ1n) is 10.2. The molecular formula is C24H28O8. The number of ketones is 1. The minimum atomic E-state index is -0.739. The summed E-state index contributed by atoms with van der Waals surface area (Å²) in [6, 6.07) is 10.7. The fraction of sp³-hybridized carbons (Fsp3) is 0.375. The second-order valence-electron chi connectivity index (χ2n) is 7.14. The maximum atomic E-state index is 12.1. The van der Waals surface area contributed by atoms with Gasteiger partial charge in [0.05, 0.1) is 26.4 Å². The lowest BCUT2D eigenvalue weighted by atomic mass is 10.2. The van der Waals surface area contributed by atoms with Gasteiger partial charge in [-0.25, -0.2) is 4.79 Å². The van der Waals surface area contributed by atoms with E-state index in [0.717, 1.165) is 23.5 Å². The van der Waals surface area contributed by atoms with Crippen LogP contribution < -0.4 is 4.74 Å². The van der Waals surface area contributed by atoms with Gasteiger partial charge in [0.2, 0.25) is 0 Å². The van der Waals surface area contributed by atoms with Gasteiger partial charge < -0.3 is 23.4 Å². The molecule has 0 aliphatic carbocycles. The van der Waals surface area contributed by atoms with E-state index in [1.54, 1.807) is 52.1 Å². The number of benzene rings is 1. The van der Waals surface area contributed by atoms with Crippen molar-refractivity contribution in [2.24, 2.45) is 0 Å². The Kier molecular flexibility index (Phi) is 9.69. The zero-order valence-electron chi connectivity index (χ0n) is 18.6. The number of ether oxygens (including phenoxy) is 4. The summed E-state index contributed by atoms with van der Waals surface area (Å²) < 4.78 is 26.2. The molecule has 2 rings (SSSR count). The summed E-state index contributed by atoms with van der Waals surface area (Å²) in [6.07, 6.45) is 1.48. The number of carbonyl (C=O) groups is 3. The molecule has 3 atom stereocenters. The molecule has 8 nitrogen and oxygen atoms in total. The number of furan rings is 1. The minimum Gasteiger partial charge on any atom is -0.497 e. The Morgan fingerprint density at radius 2 is 1.72 bits per heavy atom. The third-order valence-corrected chi connectivity index (χ3v) is 4.47. The average Bonchev–Trinajstić information content (AvgIpc) is 3.31. The fourth-order valence-corrected chi connectivity index (χ4v) is 2.65. The van der Waals surface area contributed by atoms with Gasteiger partial charge in [-0.3, -0.25) is 9.59 Å². The summed E-state index contributed by atoms with van der Waals surface area (Å²) in [7, 11) is 1.58. The van der Waals surface area contributed by atoms with E-state index >= 15 is 0 Å². The third-order valence-electron chi connectivity index (χ3n) is 4.47. The molecule has 0 aliphatic heterocycles. The van der Waals surface area contributed by atoms with E-state index in [-0.39, 0.29) is 18.8 Å². The summed E-state index contributed by atoms with van der Waals surface area (Å²) in [5, 5.41) is 0. The monoisotopic (exact) mass is 444 g/mol. The molecule has 2 aromatic rings. The van der Waals surface area contributed by atoms with Crippen LogP contribution in [0.3, 0.4) is 0 Å². The smallest absolute Gasteiger partial charge is 0.331 e. The lowest BCUT2D eigenvalue weighted by Gasteiger charge is -2.14. The second kappa shape index (κ2) is 12.5. The summed E-state index contributed by atoms with van der Waals surface area (Å²) in [6.45, 7) is 5.08. The van der Waals surface area contributed by atoms with Crippen LogP contribution in [0.2, 0.25) is 0 Å². The van der Waals surface area contributed by atoms with Crippen LogP contribution in [0, 0.1) is 0 Å². The Bertz CT molecular complexity index is 899. The van der Waals surface area contributed by atoms with Crippen molar-refractivity contribution in [3.63, 3.8) is 0 Å². The van der Waals surface area contributed by atoms with E-state index in [0.29, 0.717) is 5.76 Å². The van der Waals surface area contributed by atoms with Crippen LogP contribution in [0.4, 0.5) is 0 Å². The Morgan fingerprint density at radius 3 is 2.34 bits per heavy atom. The molecule has 0 saturated heterocycles. The van der Waals surface area contributed by atoms with Crippen molar-refractivity contribution in [1.82, 2.24) is 0 Å². The predicted octanol–water partition coefficient (Wildman–Crippen LogP) is 3.94. The number of hydrogen-bond acceptors (Lipinski definition) is 8. The fourth-order valence-electron chi connectivity index (χ4n) is 2.65. The molecule has 8 heteroatoms. The van der Waals surface area contributed by atoms with Gasteiger partial charge in [0.25, 0.3) is 0 Å². The molecule has 0 unspecified atom stereocenters. The van der Waals surface area contributed by atoms with Gasteiger partial charge in [-0.1, -0.05) is 12.1 Å². The maximum Gasteiger partial charge on any atom is 0.331 e. The van der Waals surface area contributed by atoms with Gasteiger partial charge in [-0.15, -0.1) is 0 Å². The van der Waals surface area contributed by atoms with Gasteiger partial charge in [-0.05, 0) is 56.7 Å². The molecule has 0 fully saturated rings. The summed E-state index contributed by atoms with van der Waals surface area (Å²) in [4.78, 5) is 36.0. The van der Waals surface area contributed by atoms with E-state index in [2.05, 4.69) is 0 Å². The lowest BCUT2D eigenvalue weighted by Crippen LogP contribution is -2.21. The Hall–Kier alpha value is -3.39. The van der Waals surface area contributed by atoms with Crippen molar-refractivity contribution >= 4 is 17.7 Å². The van der Waals surface area contributed by atoms with Crippen molar-refractivity contribution in [2.75, 3.05) is 7.11 Å². The van der Waals surface area contributed by atoms with Crippen LogP contribution >= 0.6 is 0 Å². The molecule has 0 N–H and O–H groups in total. The maximum absolute atomic E-state index is 12.1. The Balaban J connectivity index is 1.71. The summed E-state index contributed by atoms with van der Waals surface area (Å²) in [5.41, 5.74) is 0.885.